The lowest BCUT2D eigenvalue weighted by Gasteiger charge is -2.31. The molecule has 1 heterocycles. The molecular formula is C13H18N2OS. The van der Waals surface area contributed by atoms with Crippen LogP contribution in [0.2, 0.25) is 0 Å². The smallest absolute Gasteiger partial charge is 0.229 e. The van der Waals surface area contributed by atoms with Gasteiger partial charge >= 0.3 is 0 Å². The molecule has 0 fully saturated rings. The van der Waals surface area contributed by atoms with Gasteiger partial charge in [0, 0.05) is 23.1 Å². The minimum Gasteiger partial charge on any atom is -0.330 e. The Morgan fingerprint density at radius 2 is 2.29 bits per heavy atom. The number of carbonyl (C=O) groups is 1. The normalized spacial score (nSPS) is 16.5. The number of carbonyl (C=O) groups excluding carboxylic acids is 1. The topological polar surface area (TPSA) is 46.3 Å². The van der Waals surface area contributed by atoms with Crippen LogP contribution in [0.15, 0.2) is 29.2 Å². The summed E-state index contributed by atoms with van der Waals surface area (Å²) in [6, 6.07) is 8.10. The van der Waals surface area contributed by atoms with Crippen molar-refractivity contribution in [1.29, 1.82) is 0 Å². The van der Waals surface area contributed by atoms with Crippen LogP contribution in [-0.2, 0) is 4.79 Å². The predicted octanol–water partition coefficient (Wildman–Crippen LogP) is 2.11. The molecule has 17 heavy (non-hydrogen) atoms. The van der Waals surface area contributed by atoms with Crippen LogP contribution in [0.3, 0.4) is 0 Å². The van der Waals surface area contributed by atoms with Gasteiger partial charge in [0.25, 0.3) is 0 Å². The number of rotatable bonds is 3. The van der Waals surface area contributed by atoms with Crippen LogP contribution < -0.4 is 10.6 Å². The van der Waals surface area contributed by atoms with Gasteiger partial charge in [-0.3, -0.25) is 4.79 Å². The molecule has 92 valence electrons. The first-order valence-corrected chi connectivity index (χ1v) is 6.96. The maximum absolute atomic E-state index is 12.3. The van der Waals surface area contributed by atoms with E-state index in [0.29, 0.717) is 6.54 Å². The highest BCUT2D eigenvalue weighted by molar-refractivity contribution is 7.99. The summed E-state index contributed by atoms with van der Waals surface area (Å²) >= 11 is 1.82. The highest BCUT2D eigenvalue weighted by Crippen LogP contribution is 2.35. The molecule has 2 N–H and O–H groups in total. The zero-order valence-corrected chi connectivity index (χ0v) is 10.9. The molecule has 1 amide bonds. The maximum Gasteiger partial charge on any atom is 0.229 e. The van der Waals surface area contributed by atoms with Gasteiger partial charge in [-0.05, 0) is 25.1 Å². The Hall–Kier alpha value is -1.00. The summed E-state index contributed by atoms with van der Waals surface area (Å²) < 4.78 is 0. The Kier molecular flexibility index (Phi) is 4.07. The van der Waals surface area contributed by atoms with E-state index in [1.165, 1.54) is 4.90 Å². The first-order chi connectivity index (χ1) is 8.24. The third-order valence-corrected chi connectivity index (χ3v) is 4.06. The number of thioether (sulfide) groups is 1. The summed E-state index contributed by atoms with van der Waals surface area (Å²) in [7, 11) is 0. The van der Waals surface area contributed by atoms with Crippen molar-refractivity contribution in [2.75, 3.05) is 23.7 Å². The highest BCUT2D eigenvalue weighted by Gasteiger charge is 2.25. The van der Waals surface area contributed by atoms with E-state index < -0.39 is 0 Å². The fourth-order valence-electron chi connectivity index (χ4n) is 2.04. The largest absolute Gasteiger partial charge is 0.330 e. The van der Waals surface area contributed by atoms with E-state index in [1.807, 2.05) is 41.8 Å². The minimum atomic E-state index is 0.0103. The molecule has 0 spiro atoms. The number of nitrogens with zero attached hydrogens (tertiary/aromatic N) is 1. The first-order valence-electron chi connectivity index (χ1n) is 5.97. The molecule has 0 radical (unpaired) electrons. The summed E-state index contributed by atoms with van der Waals surface area (Å²) in [5.74, 6) is 1.18. The number of nitrogens with two attached hydrogens (primary N) is 1. The van der Waals surface area contributed by atoms with Gasteiger partial charge in [0.2, 0.25) is 5.91 Å². The van der Waals surface area contributed by atoms with Crippen LogP contribution in [0.5, 0.6) is 0 Å². The Morgan fingerprint density at radius 1 is 1.53 bits per heavy atom. The molecule has 0 bridgehead atoms. The average molecular weight is 250 g/mol. The zero-order chi connectivity index (χ0) is 12.3. The quantitative estimate of drug-likeness (QED) is 0.893. The number of benzene rings is 1. The number of hydrogen-bond donors (Lipinski definition) is 1. The van der Waals surface area contributed by atoms with E-state index in [9.17, 15) is 4.79 Å². The second-order valence-corrected chi connectivity index (χ2v) is 5.42. The van der Waals surface area contributed by atoms with Crippen molar-refractivity contribution in [2.24, 2.45) is 11.7 Å². The van der Waals surface area contributed by atoms with E-state index in [1.54, 1.807) is 0 Å². The molecule has 0 aromatic heterocycles. The fourth-order valence-corrected chi connectivity index (χ4v) is 3.03. The predicted molar refractivity (Wildman–Crippen MR) is 72.4 cm³/mol. The van der Waals surface area contributed by atoms with Crippen molar-refractivity contribution < 1.29 is 4.79 Å². The van der Waals surface area contributed by atoms with Crippen molar-refractivity contribution in [3.05, 3.63) is 24.3 Å². The Balaban J connectivity index is 2.20. The highest BCUT2D eigenvalue weighted by atomic mass is 32.2. The standard InChI is InChI=1S/C13H18N2OS/c1-10(6-7-14)13(16)15-8-9-17-12-5-3-2-4-11(12)15/h2-5,10H,6-9,14H2,1H3. The molecule has 0 saturated heterocycles. The molecule has 1 atom stereocenters. The Morgan fingerprint density at radius 3 is 3.06 bits per heavy atom. The van der Waals surface area contributed by atoms with Crippen LogP contribution in [0.1, 0.15) is 13.3 Å². The summed E-state index contributed by atoms with van der Waals surface area (Å²) in [6.07, 6.45) is 0.755. The van der Waals surface area contributed by atoms with Crippen LogP contribution in [0, 0.1) is 5.92 Å². The van der Waals surface area contributed by atoms with Gasteiger partial charge in [0.15, 0.2) is 0 Å². The lowest BCUT2D eigenvalue weighted by atomic mass is 10.1. The van der Waals surface area contributed by atoms with Gasteiger partial charge in [-0.1, -0.05) is 19.1 Å². The van der Waals surface area contributed by atoms with Crippen LogP contribution >= 0.6 is 11.8 Å². The molecule has 1 aliphatic heterocycles. The van der Waals surface area contributed by atoms with Crippen LogP contribution in [0.25, 0.3) is 0 Å². The summed E-state index contributed by atoms with van der Waals surface area (Å²) in [5.41, 5.74) is 6.57. The average Bonchev–Trinajstić information content (AvgIpc) is 2.37. The zero-order valence-electron chi connectivity index (χ0n) is 10.1. The van der Waals surface area contributed by atoms with E-state index in [2.05, 4.69) is 6.07 Å². The third-order valence-electron chi connectivity index (χ3n) is 3.02. The first kappa shape index (κ1) is 12.5. The fraction of sp³-hybridized carbons (Fsp3) is 0.462. The van der Waals surface area contributed by atoms with Gasteiger partial charge < -0.3 is 10.6 Å². The molecule has 3 nitrogen and oxygen atoms in total. The number of fused-ring (bicyclic) bond motifs is 1. The van der Waals surface area contributed by atoms with E-state index in [4.69, 9.17) is 5.73 Å². The summed E-state index contributed by atoms with van der Waals surface area (Å²) in [5, 5.41) is 0. The Labute approximate surface area is 106 Å². The van der Waals surface area contributed by atoms with Gasteiger partial charge in [-0.25, -0.2) is 0 Å². The van der Waals surface area contributed by atoms with Gasteiger partial charge in [0.05, 0.1) is 5.69 Å². The van der Waals surface area contributed by atoms with E-state index >= 15 is 0 Å². The number of para-hydroxylation sites is 1. The number of hydrogen-bond acceptors (Lipinski definition) is 3. The molecule has 1 aromatic rings. The van der Waals surface area contributed by atoms with Crippen LogP contribution in [-0.4, -0.2) is 24.7 Å². The van der Waals surface area contributed by atoms with Crippen molar-refractivity contribution in [1.82, 2.24) is 0 Å². The third kappa shape index (κ3) is 2.64. The number of amides is 1. The van der Waals surface area contributed by atoms with Crippen LogP contribution in [0.4, 0.5) is 5.69 Å². The molecule has 0 aliphatic carbocycles. The van der Waals surface area contributed by atoms with Crippen molar-refractivity contribution in [3.8, 4) is 0 Å². The molecule has 2 rings (SSSR count). The SMILES string of the molecule is CC(CCN)C(=O)N1CCSc2ccccc21. The molecular weight excluding hydrogens is 232 g/mol. The lowest BCUT2D eigenvalue weighted by molar-refractivity contribution is -0.122. The molecule has 0 saturated carbocycles. The molecule has 1 aliphatic rings. The van der Waals surface area contributed by atoms with Gasteiger partial charge in [0.1, 0.15) is 0 Å². The van der Waals surface area contributed by atoms with E-state index in [-0.39, 0.29) is 11.8 Å². The second kappa shape index (κ2) is 5.56. The maximum atomic E-state index is 12.3. The summed E-state index contributed by atoms with van der Waals surface area (Å²) in [6.45, 7) is 3.33. The molecule has 1 aromatic carbocycles. The van der Waals surface area contributed by atoms with Crippen molar-refractivity contribution in [3.63, 3.8) is 0 Å². The Bertz CT molecular complexity index is 408. The van der Waals surface area contributed by atoms with Gasteiger partial charge in [-0.2, -0.15) is 0 Å². The second-order valence-electron chi connectivity index (χ2n) is 4.28. The molecule has 4 heteroatoms. The number of anilines is 1. The van der Waals surface area contributed by atoms with Crippen molar-refractivity contribution >= 4 is 23.4 Å². The summed E-state index contributed by atoms with van der Waals surface area (Å²) in [4.78, 5) is 15.4. The van der Waals surface area contributed by atoms with Gasteiger partial charge in [-0.15, -0.1) is 11.8 Å². The monoisotopic (exact) mass is 250 g/mol. The molecule has 1 unspecified atom stereocenters. The van der Waals surface area contributed by atoms with Crippen molar-refractivity contribution in [2.45, 2.75) is 18.2 Å². The van der Waals surface area contributed by atoms with E-state index in [0.717, 1.165) is 24.4 Å². The lowest BCUT2D eigenvalue weighted by Crippen LogP contribution is -2.39. The minimum absolute atomic E-state index is 0.0103.